The maximum Gasteiger partial charge on any atom is 0.319 e. The van der Waals surface area contributed by atoms with Crippen molar-refractivity contribution in [1.29, 1.82) is 5.26 Å². The van der Waals surface area contributed by atoms with E-state index < -0.39 is 23.3 Å². The lowest BCUT2D eigenvalue weighted by atomic mass is 9.95. The fourth-order valence-electron chi connectivity index (χ4n) is 7.93. The van der Waals surface area contributed by atoms with E-state index in [0.717, 1.165) is 50.0 Å². The van der Waals surface area contributed by atoms with Crippen molar-refractivity contribution in [3.05, 3.63) is 34.4 Å². The second-order valence-corrected chi connectivity index (χ2v) is 14.2. The molecule has 0 amide bonds. The molecular formula is C32H31ClF3N7O2S. The molecule has 9 nitrogen and oxygen atoms in total. The standard InChI is InChI=1S/C32H31ClF3N7O2S/c33-24-22(16-5-6-18(35)28-21(16)17(11-37)29(39)46-28)25(36)26-23-27(24)44-13-20-19(38)4-1-2-9-43(20)30(23)41-31(40-26)45-14-32-7-3-8-42(32)12-15(34)10-32/h5-6,15,19-20H,1-4,7-10,12-14,38-39H2/t15-,19?,20?,32?/m1/s1. The van der Waals surface area contributed by atoms with Gasteiger partial charge in [0.2, 0.25) is 0 Å². The van der Waals surface area contributed by atoms with E-state index in [4.69, 9.17) is 37.5 Å². The summed E-state index contributed by atoms with van der Waals surface area (Å²) in [4.78, 5) is 13.6. The average molecular weight is 670 g/mol. The topological polar surface area (TPSA) is 127 Å². The molecule has 240 valence electrons. The number of alkyl halides is 1. The van der Waals surface area contributed by atoms with Crippen molar-refractivity contribution in [2.24, 2.45) is 5.73 Å². The number of anilines is 2. The van der Waals surface area contributed by atoms with Gasteiger partial charge in [0.15, 0.2) is 11.6 Å². The first-order valence-corrected chi connectivity index (χ1v) is 16.7. The summed E-state index contributed by atoms with van der Waals surface area (Å²) in [5, 5.41) is 10.4. The molecule has 3 fully saturated rings. The molecule has 6 heterocycles. The van der Waals surface area contributed by atoms with E-state index in [1.165, 1.54) is 12.1 Å². The number of aromatic nitrogens is 2. The Hall–Kier alpha value is -3.57. The number of thiophene rings is 1. The summed E-state index contributed by atoms with van der Waals surface area (Å²) in [7, 11) is 0. The van der Waals surface area contributed by atoms with E-state index in [1.807, 2.05) is 11.0 Å². The van der Waals surface area contributed by atoms with Crippen molar-refractivity contribution >= 4 is 54.7 Å². The summed E-state index contributed by atoms with van der Waals surface area (Å²) in [6.45, 7) is 2.08. The van der Waals surface area contributed by atoms with E-state index in [-0.39, 0.29) is 84.8 Å². The molecule has 0 aliphatic carbocycles. The second-order valence-electron chi connectivity index (χ2n) is 12.7. The van der Waals surface area contributed by atoms with Crippen LogP contribution in [0.1, 0.15) is 44.1 Å². The summed E-state index contributed by atoms with van der Waals surface area (Å²) >= 11 is 7.94. The smallest absolute Gasteiger partial charge is 0.319 e. The van der Waals surface area contributed by atoms with Gasteiger partial charge in [-0.25, -0.2) is 13.2 Å². The third-order valence-electron chi connectivity index (χ3n) is 10.1. The number of hydrogen-bond acceptors (Lipinski definition) is 10. The highest BCUT2D eigenvalue weighted by Gasteiger charge is 2.49. The van der Waals surface area contributed by atoms with Crippen LogP contribution in [-0.2, 0) is 0 Å². The number of rotatable bonds is 4. The van der Waals surface area contributed by atoms with E-state index in [1.54, 1.807) is 0 Å². The third kappa shape index (κ3) is 4.41. The normalized spacial score (nSPS) is 26.0. The Bertz CT molecular complexity index is 1950. The van der Waals surface area contributed by atoms with Crippen molar-refractivity contribution in [3.63, 3.8) is 0 Å². The van der Waals surface area contributed by atoms with Crippen LogP contribution in [0.5, 0.6) is 11.8 Å². The van der Waals surface area contributed by atoms with Crippen LogP contribution in [-0.4, -0.2) is 71.5 Å². The largest absolute Gasteiger partial charge is 0.489 e. The maximum absolute atomic E-state index is 17.1. The SMILES string of the molecule is N#Cc1c(N)sc2c(F)ccc(-c3c(Cl)c4c5c(nc(OCC67CCCN6C[C@H](F)C7)nc5c3F)N3CCCCC(N)C3CO4)c12. The highest BCUT2D eigenvalue weighted by atomic mass is 35.5. The van der Waals surface area contributed by atoms with Gasteiger partial charge in [-0.2, -0.15) is 15.2 Å². The van der Waals surface area contributed by atoms with Gasteiger partial charge >= 0.3 is 6.01 Å². The summed E-state index contributed by atoms with van der Waals surface area (Å²) in [6, 6.07) is 4.03. The zero-order valence-electron chi connectivity index (χ0n) is 24.8. The molecule has 2 aromatic carbocycles. The number of halogens is 4. The van der Waals surface area contributed by atoms with Gasteiger partial charge in [-0.1, -0.05) is 24.1 Å². The number of ether oxygens (including phenoxy) is 2. The van der Waals surface area contributed by atoms with Gasteiger partial charge in [-0.05, 0) is 43.9 Å². The molecular weight excluding hydrogens is 639 g/mol. The van der Waals surface area contributed by atoms with Crippen LogP contribution < -0.4 is 25.8 Å². The van der Waals surface area contributed by atoms with Crippen molar-refractivity contribution in [3.8, 4) is 29.0 Å². The number of fused-ring (bicyclic) bond motifs is 4. The van der Waals surface area contributed by atoms with E-state index in [0.29, 0.717) is 25.3 Å². The quantitative estimate of drug-likeness (QED) is 0.272. The van der Waals surface area contributed by atoms with Crippen molar-refractivity contribution in [2.75, 3.05) is 43.5 Å². The molecule has 4 aliphatic rings. The van der Waals surface area contributed by atoms with Crippen molar-refractivity contribution < 1.29 is 22.6 Å². The number of nitriles is 1. The Labute approximate surface area is 271 Å². The summed E-state index contributed by atoms with van der Waals surface area (Å²) in [5.74, 6) is -0.816. The molecule has 0 bridgehead atoms. The Morgan fingerprint density at radius 1 is 1.20 bits per heavy atom. The predicted octanol–water partition coefficient (Wildman–Crippen LogP) is 5.93. The van der Waals surface area contributed by atoms with Crippen LogP contribution in [0.4, 0.5) is 24.0 Å². The maximum atomic E-state index is 17.1. The first-order valence-electron chi connectivity index (χ1n) is 15.5. The number of nitrogens with two attached hydrogens (primary N) is 2. The fourth-order valence-corrected chi connectivity index (χ4v) is 9.22. The minimum absolute atomic E-state index is 0.0340. The van der Waals surface area contributed by atoms with Gasteiger partial charge in [-0.15, -0.1) is 11.3 Å². The molecule has 0 radical (unpaired) electrons. The van der Waals surface area contributed by atoms with Crippen LogP contribution in [0.3, 0.4) is 0 Å². The van der Waals surface area contributed by atoms with E-state index >= 15 is 4.39 Å². The van der Waals surface area contributed by atoms with Gasteiger partial charge in [0, 0.05) is 36.5 Å². The predicted molar refractivity (Wildman–Crippen MR) is 171 cm³/mol. The van der Waals surface area contributed by atoms with Crippen LogP contribution >= 0.6 is 22.9 Å². The van der Waals surface area contributed by atoms with Crippen LogP contribution in [0.25, 0.3) is 32.1 Å². The average Bonchev–Trinajstić information content (AvgIpc) is 3.59. The summed E-state index contributed by atoms with van der Waals surface area (Å²) < 4.78 is 59.3. The van der Waals surface area contributed by atoms with Gasteiger partial charge in [0.1, 0.15) is 47.6 Å². The lowest BCUT2D eigenvalue weighted by Gasteiger charge is -2.33. The molecule has 8 rings (SSSR count). The van der Waals surface area contributed by atoms with E-state index in [9.17, 15) is 14.0 Å². The molecule has 46 heavy (non-hydrogen) atoms. The zero-order chi connectivity index (χ0) is 31.9. The Morgan fingerprint density at radius 3 is 2.87 bits per heavy atom. The Morgan fingerprint density at radius 2 is 2.04 bits per heavy atom. The van der Waals surface area contributed by atoms with Crippen molar-refractivity contribution in [2.45, 2.75) is 62.3 Å². The summed E-state index contributed by atoms with van der Waals surface area (Å²) in [6.07, 6.45) is 3.68. The molecule has 2 aromatic heterocycles. The van der Waals surface area contributed by atoms with E-state index in [2.05, 4.69) is 9.88 Å². The van der Waals surface area contributed by atoms with Crippen LogP contribution in [0.2, 0.25) is 5.02 Å². The molecule has 14 heteroatoms. The van der Waals surface area contributed by atoms with Gasteiger partial charge in [0.05, 0.1) is 32.3 Å². The van der Waals surface area contributed by atoms with Crippen LogP contribution in [0, 0.1) is 23.0 Å². The van der Waals surface area contributed by atoms with Gasteiger partial charge < -0.3 is 25.8 Å². The highest BCUT2D eigenvalue weighted by Crippen LogP contribution is 2.51. The molecule has 4 aliphatic heterocycles. The Kier molecular flexibility index (Phi) is 7.13. The molecule has 0 spiro atoms. The number of benzene rings is 2. The minimum atomic E-state index is -0.940. The molecule has 0 saturated carbocycles. The Balaban J connectivity index is 1.35. The fraction of sp³-hybridized carbons (Fsp3) is 0.469. The lowest BCUT2D eigenvalue weighted by molar-refractivity contribution is 0.107. The highest BCUT2D eigenvalue weighted by molar-refractivity contribution is 7.23. The molecule has 4 atom stereocenters. The minimum Gasteiger partial charge on any atom is -0.489 e. The third-order valence-corrected chi connectivity index (χ3v) is 11.5. The molecule has 4 N–H and O–H groups in total. The second kappa shape index (κ2) is 11.0. The molecule has 3 saturated heterocycles. The zero-order valence-corrected chi connectivity index (χ0v) is 26.4. The monoisotopic (exact) mass is 669 g/mol. The molecule has 4 aromatic rings. The first-order chi connectivity index (χ1) is 22.2. The number of nitrogens with zero attached hydrogens (tertiary/aromatic N) is 5. The number of hydrogen-bond donors (Lipinski definition) is 2. The first kappa shape index (κ1) is 29.8. The number of nitrogen functional groups attached to an aromatic ring is 1. The van der Waals surface area contributed by atoms with Crippen LogP contribution in [0.15, 0.2) is 12.1 Å². The molecule has 3 unspecified atom stereocenters. The van der Waals surface area contributed by atoms with Crippen molar-refractivity contribution in [1.82, 2.24) is 14.9 Å². The van der Waals surface area contributed by atoms with Gasteiger partial charge in [-0.3, -0.25) is 4.90 Å². The lowest BCUT2D eigenvalue weighted by Crippen LogP contribution is -2.50. The summed E-state index contributed by atoms with van der Waals surface area (Å²) in [5.41, 5.74) is 12.3. The van der Waals surface area contributed by atoms with Gasteiger partial charge in [0.25, 0.3) is 0 Å².